The summed E-state index contributed by atoms with van der Waals surface area (Å²) in [7, 11) is -3.10. The van der Waals surface area contributed by atoms with E-state index in [0.717, 1.165) is 5.75 Å². The van der Waals surface area contributed by atoms with E-state index in [2.05, 4.69) is 0 Å². The molecule has 18 heavy (non-hydrogen) atoms. The molecule has 1 fully saturated rings. The zero-order chi connectivity index (χ0) is 13.8. The first-order valence-electron chi connectivity index (χ1n) is 6.11. The Bertz CT molecular complexity index is 345. The number of sulfone groups is 1. The van der Waals surface area contributed by atoms with E-state index in [1.54, 1.807) is 11.8 Å². The zero-order valence-electron chi connectivity index (χ0n) is 11.2. The second-order valence-corrected chi connectivity index (χ2v) is 8.24. The van der Waals surface area contributed by atoms with Crippen molar-refractivity contribution in [1.82, 2.24) is 4.90 Å². The highest BCUT2D eigenvalue weighted by molar-refractivity contribution is 8.00. The van der Waals surface area contributed by atoms with Crippen LogP contribution in [-0.2, 0) is 14.6 Å². The van der Waals surface area contributed by atoms with E-state index in [0.29, 0.717) is 18.8 Å². The molecule has 0 aliphatic carbocycles. The molecule has 0 spiro atoms. The number of rotatable bonds is 6. The molecule has 1 rings (SSSR count). The first kappa shape index (κ1) is 16.2. The van der Waals surface area contributed by atoms with Gasteiger partial charge < -0.3 is 9.84 Å². The average Bonchev–Trinajstić information content (AvgIpc) is 2.25. The predicted octanol–water partition coefficient (Wildman–Crippen LogP) is 0.192. The summed E-state index contributed by atoms with van der Waals surface area (Å²) < 4.78 is 28.7. The van der Waals surface area contributed by atoms with Gasteiger partial charge in [-0.15, -0.1) is 0 Å². The maximum atomic E-state index is 11.7. The standard InChI is InChI=1S/C11H23NO4S2/c1-9(2)16-7-10(13)6-12-4-5-17-8-11(12)18(3,14)15/h9-11,13H,4-8H2,1-3H3. The number of thioether (sulfide) groups is 1. The number of hydrogen-bond acceptors (Lipinski definition) is 6. The van der Waals surface area contributed by atoms with Crippen molar-refractivity contribution in [2.45, 2.75) is 31.4 Å². The summed E-state index contributed by atoms with van der Waals surface area (Å²) in [6, 6.07) is 0. The van der Waals surface area contributed by atoms with Crippen molar-refractivity contribution in [2.24, 2.45) is 0 Å². The second-order valence-electron chi connectivity index (χ2n) is 4.89. The summed E-state index contributed by atoms with van der Waals surface area (Å²) in [5.74, 6) is 1.49. The highest BCUT2D eigenvalue weighted by atomic mass is 32.2. The summed E-state index contributed by atoms with van der Waals surface area (Å²) in [6.07, 6.45) is 0.690. The quantitative estimate of drug-likeness (QED) is 0.755. The van der Waals surface area contributed by atoms with Crippen LogP contribution in [0.15, 0.2) is 0 Å². The first-order valence-corrected chi connectivity index (χ1v) is 9.22. The van der Waals surface area contributed by atoms with E-state index in [-0.39, 0.29) is 12.7 Å². The minimum absolute atomic E-state index is 0.0715. The topological polar surface area (TPSA) is 66.8 Å². The summed E-state index contributed by atoms with van der Waals surface area (Å²) in [6.45, 7) is 5.11. The van der Waals surface area contributed by atoms with Gasteiger partial charge in [0.15, 0.2) is 9.84 Å². The van der Waals surface area contributed by atoms with Gasteiger partial charge in [-0.2, -0.15) is 11.8 Å². The largest absolute Gasteiger partial charge is 0.389 e. The van der Waals surface area contributed by atoms with Gasteiger partial charge in [-0.05, 0) is 13.8 Å². The van der Waals surface area contributed by atoms with Crippen LogP contribution < -0.4 is 0 Å². The van der Waals surface area contributed by atoms with Crippen molar-refractivity contribution < 1.29 is 18.3 Å². The molecule has 0 radical (unpaired) electrons. The summed E-state index contributed by atoms with van der Waals surface area (Å²) in [5.41, 5.74) is 0. The SMILES string of the molecule is CC(C)OCC(O)CN1CCSCC1S(C)(=O)=O. The normalized spacial score (nSPS) is 24.4. The Morgan fingerprint density at radius 1 is 1.50 bits per heavy atom. The fourth-order valence-electron chi connectivity index (χ4n) is 1.85. The highest BCUT2D eigenvalue weighted by Gasteiger charge is 2.31. The first-order chi connectivity index (χ1) is 8.30. The minimum atomic E-state index is -3.10. The van der Waals surface area contributed by atoms with Gasteiger partial charge in [0.1, 0.15) is 5.37 Å². The smallest absolute Gasteiger partial charge is 0.164 e. The fraction of sp³-hybridized carbons (Fsp3) is 1.00. The van der Waals surface area contributed by atoms with E-state index >= 15 is 0 Å². The lowest BCUT2D eigenvalue weighted by molar-refractivity contribution is -0.00894. The third-order valence-corrected chi connectivity index (χ3v) is 5.44. The average molecular weight is 297 g/mol. The van der Waals surface area contributed by atoms with Gasteiger partial charge in [-0.1, -0.05) is 0 Å². The van der Waals surface area contributed by atoms with Gasteiger partial charge in [0.25, 0.3) is 0 Å². The molecule has 0 aromatic carbocycles. The molecule has 0 amide bonds. The van der Waals surface area contributed by atoms with E-state index < -0.39 is 21.3 Å². The fourth-order valence-corrected chi connectivity index (χ4v) is 4.80. The van der Waals surface area contributed by atoms with Gasteiger partial charge in [-0.3, -0.25) is 4.90 Å². The molecule has 1 aliphatic rings. The van der Waals surface area contributed by atoms with Crippen LogP contribution in [0.3, 0.4) is 0 Å². The molecule has 0 saturated carbocycles. The van der Waals surface area contributed by atoms with Gasteiger partial charge in [-0.25, -0.2) is 8.42 Å². The Hall–Kier alpha value is 0.180. The van der Waals surface area contributed by atoms with Crippen LogP contribution in [0.25, 0.3) is 0 Å². The van der Waals surface area contributed by atoms with Crippen LogP contribution in [0.4, 0.5) is 0 Å². The molecule has 108 valence electrons. The molecule has 0 aromatic heterocycles. The predicted molar refractivity (Wildman–Crippen MR) is 74.6 cm³/mol. The lowest BCUT2D eigenvalue weighted by Gasteiger charge is -2.35. The lowest BCUT2D eigenvalue weighted by Crippen LogP contribution is -2.50. The Morgan fingerprint density at radius 2 is 2.17 bits per heavy atom. The van der Waals surface area contributed by atoms with Crippen LogP contribution >= 0.6 is 11.8 Å². The second kappa shape index (κ2) is 7.09. The summed E-state index contributed by atoms with van der Waals surface area (Å²) in [4.78, 5) is 1.85. The maximum Gasteiger partial charge on any atom is 0.164 e. The number of ether oxygens (including phenoxy) is 1. The van der Waals surface area contributed by atoms with E-state index in [1.165, 1.54) is 6.26 Å². The molecule has 0 bridgehead atoms. The Labute approximate surface area is 114 Å². The molecule has 1 heterocycles. The molecule has 1 saturated heterocycles. The van der Waals surface area contributed by atoms with Crippen molar-refractivity contribution in [3.63, 3.8) is 0 Å². The summed E-state index contributed by atoms with van der Waals surface area (Å²) in [5, 5.41) is 9.38. The molecular formula is C11H23NO4S2. The zero-order valence-corrected chi connectivity index (χ0v) is 12.8. The Balaban J connectivity index is 2.52. The number of aliphatic hydroxyl groups excluding tert-OH is 1. The maximum absolute atomic E-state index is 11.7. The lowest BCUT2D eigenvalue weighted by atomic mass is 10.3. The summed E-state index contributed by atoms with van der Waals surface area (Å²) >= 11 is 1.65. The van der Waals surface area contributed by atoms with Crippen LogP contribution in [0.5, 0.6) is 0 Å². The molecular weight excluding hydrogens is 274 g/mol. The monoisotopic (exact) mass is 297 g/mol. The van der Waals surface area contributed by atoms with Gasteiger partial charge in [0.2, 0.25) is 0 Å². The molecule has 2 unspecified atom stereocenters. The highest BCUT2D eigenvalue weighted by Crippen LogP contribution is 2.20. The van der Waals surface area contributed by atoms with Crippen molar-refractivity contribution in [2.75, 3.05) is 37.5 Å². The van der Waals surface area contributed by atoms with Crippen molar-refractivity contribution >= 4 is 21.6 Å². The van der Waals surface area contributed by atoms with Gasteiger partial charge in [0, 0.05) is 30.9 Å². The van der Waals surface area contributed by atoms with Crippen LogP contribution in [0.1, 0.15) is 13.8 Å². The van der Waals surface area contributed by atoms with Crippen molar-refractivity contribution in [1.29, 1.82) is 0 Å². The molecule has 7 heteroatoms. The van der Waals surface area contributed by atoms with Crippen LogP contribution in [-0.4, -0.2) is 73.5 Å². The Kier molecular flexibility index (Phi) is 6.40. The van der Waals surface area contributed by atoms with E-state index in [4.69, 9.17) is 4.74 Å². The number of aliphatic hydroxyl groups is 1. The number of hydrogen-bond donors (Lipinski definition) is 1. The molecule has 2 atom stereocenters. The van der Waals surface area contributed by atoms with Crippen LogP contribution in [0.2, 0.25) is 0 Å². The van der Waals surface area contributed by atoms with E-state index in [9.17, 15) is 13.5 Å². The third-order valence-electron chi connectivity index (χ3n) is 2.75. The molecule has 1 N–H and O–H groups in total. The van der Waals surface area contributed by atoms with Gasteiger partial charge in [0.05, 0.1) is 18.8 Å². The Morgan fingerprint density at radius 3 is 2.72 bits per heavy atom. The van der Waals surface area contributed by atoms with Crippen molar-refractivity contribution in [3.8, 4) is 0 Å². The molecule has 5 nitrogen and oxygen atoms in total. The molecule has 1 aliphatic heterocycles. The minimum Gasteiger partial charge on any atom is -0.389 e. The third kappa shape index (κ3) is 5.44. The van der Waals surface area contributed by atoms with Crippen LogP contribution in [0, 0.1) is 0 Å². The van der Waals surface area contributed by atoms with E-state index in [1.807, 2.05) is 18.7 Å². The van der Waals surface area contributed by atoms with Gasteiger partial charge >= 0.3 is 0 Å². The molecule has 0 aromatic rings. The number of nitrogens with zero attached hydrogens (tertiary/aromatic N) is 1. The number of β-amino-alcohol motifs (C(OH)–C–C–N with tert-alkyl or cyclic N) is 1. The van der Waals surface area contributed by atoms with Crippen molar-refractivity contribution in [3.05, 3.63) is 0 Å².